The molecule has 1 aromatic carbocycles. The first-order valence-corrected chi connectivity index (χ1v) is 13.8. The van der Waals surface area contributed by atoms with E-state index in [1.807, 2.05) is 11.3 Å². The van der Waals surface area contributed by atoms with Crippen LogP contribution in [-0.2, 0) is 16.0 Å². The van der Waals surface area contributed by atoms with E-state index >= 15 is 0 Å². The van der Waals surface area contributed by atoms with Crippen LogP contribution >= 0.6 is 11.3 Å². The number of nitrogens with zero attached hydrogens (tertiary/aromatic N) is 5. The Morgan fingerprint density at radius 2 is 1.95 bits per heavy atom. The van der Waals surface area contributed by atoms with Crippen molar-refractivity contribution in [3.05, 3.63) is 47.9 Å². The van der Waals surface area contributed by atoms with Crippen LogP contribution in [0.1, 0.15) is 37.6 Å². The van der Waals surface area contributed by atoms with Gasteiger partial charge < -0.3 is 15.1 Å². The largest absolute Gasteiger partial charge is 0.334 e. The van der Waals surface area contributed by atoms with Crippen LogP contribution in [-0.4, -0.2) is 74.5 Å². The maximum Gasteiger partial charge on any atom is 0.314 e. The van der Waals surface area contributed by atoms with Crippen LogP contribution in [0.3, 0.4) is 0 Å². The Balaban J connectivity index is 0.000000157. The van der Waals surface area contributed by atoms with Gasteiger partial charge in [0.1, 0.15) is 0 Å². The van der Waals surface area contributed by atoms with Crippen LogP contribution in [0, 0.1) is 5.92 Å². The van der Waals surface area contributed by atoms with Gasteiger partial charge in [-0.2, -0.15) is 5.10 Å². The number of thiazole rings is 1. The third kappa shape index (κ3) is 6.31. The van der Waals surface area contributed by atoms with E-state index in [2.05, 4.69) is 61.6 Å². The second kappa shape index (κ2) is 11.8. The minimum Gasteiger partial charge on any atom is -0.334 e. The van der Waals surface area contributed by atoms with Crippen LogP contribution in [0.2, 0.25) is 0 Å². The average molecular weight is 520 g/mol. The first kappa shape index (κ1) is 25.3. The number of fused-ring (bicyclic) bond motifs is 2. The summed E-state index contributed by atoms with van der Waals surface area (Å²) < 4.78 is 1.32. The molecule has 2 saturated heterocycles. The van der Waals surface area contributed by atoms with Gasteiger partial charge >= 0.3 is 11.8 Å². The second-order valence-electron chi connectivity index (χ2n) is 9.85. The second-order valence-corrected chi connectivity index (χ2v) is 11.0. The minimum absolute atomic E-state index is 0.438. The lowest BCUT2D eigenvalue weighted by atomic mass is 10.0. The van der Waals surface area contributed by atoms with Crippen LogP contribution in [0.4, 0.5) is 5.69 Å². The van der Waals surface area contributed by atoms with E-state index in [0.29, 0.717) is 30.2 Å². The number of anilines is 1. The Hall–Kier alpha value is -3.37. The fourth-order valence-electron chi connectivity index (χ4n) is 4.94. The average Bonchev–Trinajstić information content (AvgIpc) is 3.68. The highest BCUT2D eigenvalue weighted by molar-refractivity contribution is 7.18. The van der Waals surface area contributed by atoms with Gasteiger partial charge in [0.2, 0.25) is 0 Å². The Labute approximate surface area is 220 Å². The topological polar surface area (TPSA) is 107 Å². The van der Waals surface area contributed by atoms with E-state index in [4.69, 9.17) is 0 Å². The maximum atomic E-state index is 12.2. The lowest BCUT2D eigenvalue weighted by molar-refractivity contribution is -0.144. The Morgan fingerprint density at radius 1 is 1.11 bits per heavy atom. The smallest absolute Gasteiger partial charge is 0.314 e. The minimum atomic E-state index is -0.631. The zero-order chi connectivity index (χ0) is 25.6. The molecule has 6 rings (SSSR count). The number of rotatable bonds is 4. The highest BCUT2D eigenvalue weighted by Gasteiger charge is 2.26. The lowest BCUT2D eigenvalue weighted by Gasteiger charge is -2.30. The SMILES string of the molecule is CC1CCCN(C(=O)C(=O)Nc2cncc3cn[nH]c23)C1.c1ccc2sc(CCN3CCCC3)nc2c1. The number of H-pyrrole nitrogens is 1. The van der Waals surface area contributed by atoms with Gasteiger partial charge in [-0.15, -0.1) is 11.3 Å². The van der Waals surface area contributed by atoms with Crippen LogP contribution in [0.25, 0.3) is 21.1 Å². The van der Waals surface area contributed by atoms with E-state index in [9.17, 15) is 9.59 Å². The molecule has 37 heavy (non-hydrogen) atoms. The van der Waals surface area contributed by atoms with Crippen molar-refractivity contribution in [2.75, 3.05) is 38.0 Å². The third-order valence-electron chi connectivity index (χ3n) is 6.92. The van der Waals surface area contributed by atoms with Crippen molar-refractivity contribution in [3.63, 3.8) is 0 Å². The molecule has 0 aliphatic carbocycles. The summed E-state index contributed by atoms with van der Waals surface area (Å²) in [5.74, 6) is -0.681. The van der Waals surface area contributed by atoms with Gasteiger partial charge in [0.15, 0.2) is 0 Å². The Morgan fingerprint density at radius 3 is 2.76 bits per heavy atom. The first-order chi connectivity index (χ1) is 18.1. The van der Waals surface area contributed by atoms with E-state index in [1.54, 1.807) is 17.3 Å². The number of amides is 2. The quantitative estimate of drug-likeness (QED) is 0.393. The summed E-state index contributed by atoms with van der Waals surface area (Å²) in [5, 5.41) is 11.4. The summed E-state index contributed by atoms with van der Waals surface area (Å²) in [5.41, 5.74) is 2.29. The van der Waals surface area contributed by atoms with E-state index in [1.165, 1.54) is 48.4 Å². The number of hydrogen-bond acceptors (Lipinski definition) is 7. The molecule has 0 radical (unpaired) electrons. The molecule has 10 heteroatoms. The molecule has 0 spiro atoms. The number of nitrogens with one attached hydrogen (secondary N) is 2. The normalized spacial score (nSPS) is 18.1. The number of carbonyl (C=O) groups is 2. The summed E-state index contributed by atoms with van der Waals surface area (Å²) in [6.07, 6.45) is 10.7. The number of para-hydroxylation sites is 1. The van der Waals surface area contributed by atoms with Gasteiger partial charge in [-0.05, 0) is 56.8 Å². The zero-order valence-electron chi connectivity index (χ0n) is 21.2. The van der Waals surface area contributed by atoms with Gasteiger partial charge in [0.25, 0.3) is 0 Å². The molecular weight excluding hydrogens is 486 g/mol. The summed E-state index contributed by atoms with van der Waals surface area (Å²) >= 11 is 1.84. The number of aromatic amines is 1. The molecule has 0 saturated carbocycles. The fraction of sp³-hybridized carbons (Fsp3) is 0.444. The summed E-state index contributed by atoms with van der Waals surface area (Å²) in [6, 6.07) is 8.41. The number of hydrogen-bond donors (Lipinski definition) is 2. The van der Waals surface area contributed by atoms with Gasteiger partial charge in [-0.1, -0.05) is 19.1 Å². The number of likely N-dealkylation sites (tertiary alicyclic amines) is 2. The molecule has 194 valence electrons. The number of aromatic nitrogens is 4. The molecule has 3 aromatic heterocycles. The molecule has 0 bridgehead atoms. The zero-order valence-corrected chi connectivity index (χ0v) is 22.0. The third-order valence-corrected chi connectivity index (χ3v) is 8.02. The molecule has 2 aliphatic rings. The monoisotopic (exact) mass is 519 g/mol. The maximum absolute atomic E-state index is 12.2. The van der Waals surface area contributed by atoms with Crippen molar-refractivity contribution in [1.82, 2.24) is 30.0 Å². The molecular formula is C27H33N7O2S. The molecule has 5 heterocycles. The molecule has 2 N–H and O–H groups in total. The molecule has 1 atom stereocenters. The van der Waals surface area contributed by atoms with Crippen molar-refractivity contribution in [1.29, 1.82) is 0 Å². The molecule has 2 fully saturated rings. The van der Waals surface area contributed by atoms with Crippen LogP contribution in [0.15, 0.2) is 42.9 Å². The van der Waals surface area contributed by atoms with Crippen molar-refractivity contribution in [2.24, 2.45) is 5.92 Å². The summed E-state index contributed by atoms with van der Waals surface area (Å²) in [4.78, 5) is 37.2. The molecule has 9 nitrogen and oxygen atoms in total. The van der Waals surface area contributed by atoms with E-state index < -0.39 is 11.8 Å². The van der Waals surface area contributed by atoms with Crippen molar-refractivity contribution in [3.8, 4) is 0 Å². The molecule has 2 aliphatic heterocycles. The van der Waals surface area contributed by atoms with Crippen LogP contribution < -0.4 is 5.32 Å². The summed E-state index contributed by atoms with van der Waals surface area (Å²) in [6.45, 7) is 7.12. The van der Waals surface area contributed by atoms with E-state index in [0.717, 1.165) is 30.2 Å². The molecule has 2 amide bonds. The van der Waals surface area contributed by atoms with Crippen LogP contribution in [0.5, 0.6) is 0 Å². The Bertz CT molecular complexity index is 1330. The van der Waals surface area contributed by atoms with Crippen molar-refractivity contribution >= 4 is 50.0 Å². The molecule has 4 aromatic rings. The number of benzene rings is 1. The standard InChI is InChI=1S/C14H17N5O2.C13H16N2S/c1-9-3-2-4-19(8-9)14(21)13(20)17-11-7-15-5-10-6-16-18-12(10)11;1-2-6-12-11(5-1)14-13(16-12)7-10-15-8-3-4-9-15/h5-7,9H,2-4,8H2,1H3,(H,16,18)(H,17,20);1-2,5-6H,3-4,7-10H2. The fourth-order valence-corrected chi connectivity index (χ4v) is 5.90. The van der Waals surface area contributed by atoms with Crippen molar-refractivity contribution in [2.45, 2.75) is 39.0 Å². The van der Waals surface area contributed by atoms with Gasteiger partial charge in [0, 0.05) is 37.6 Å². The summed E-state index contributed by atoms with van der Waals surface area (Å²) in [7, 11) is 0. The predicted molar refractivity (Wildman–Crippen MR) is 146 cm³/mol. The highest BCUT2D eigenvalue weighted by Crippen LogP contribution is 2.23. The predicted octanol–water partition coefficient (Wildman–Crippen LogP) is 4.09. The number of carbonyl (C=O) groups excluding carboxylic acids is 2. The lowest BCUT2D eigenvalue weighted by Crippen LogP contribution is -2.44. The highest BCUT2D eigenvalue weighted by atomic mass is 32.1. The molecule has 1 unspecified atom stereocenters. The number of pyridine rings is 1. The van der Waals surface area contributed by atoms with Crippen molar-refractivity contribution < 1.29 is 9.59 Å². The number of piperidine rings is 1. The first-order valence-electron chi connectivity index (χ1n) is 13.0. The Kier molecular flexibility index (Phi) is 8.05. The van der Waals surface area contributed by atoms with Gasteiger partial charge in [0.05, 0.1) is 38.8 Å². The van der Waals surface area contributed by atoms with Gasteiger partial charge in [-0.3, -0.25) is 19.7 Å². The van der Waals surface area contributed by atoms with Gasteiger partial charge in [-0.25, -0.2) is 4.98 Å². The van der Waals surface area contributed by atoms with E-state index in [-0.39, 0.29) is 0 Å².